The van der Waals surface area contributed by atoms with E-state index in [2.05, 4.69) is 0 Å². The van der Waals surface area contributed by atoms with Crippen molar-refractivity contribution in [3.8, 4) is 11.5 Å². The van der Waals surface area contributed by atoms with Crippen LogP contribution in [0.25, 0.3) is 0 Å². The second-order valence-electron chi connectivity index (χ2n) is 4.18. The van der Waals surface area contributed by atoms with Gasteiger partial charge in [-0.3, -0.25) is 9.59 Å². The minimum absolute atomic E-state index is 0.128. The van der Waals surface area contributed by atoms with Crippen LogP contribution in [0.2, 0.25) is 0 Å². The van der Waals surface area contributed by atoms with Crippen LogP contribution < -0.4 is 9.47 Å². The lowest BCUT2D eigenvalue weighted by Crippen LogP contribution is -2.23. The first-order valence-corrected chi connectivity index (χ1v) is 5.71. The van der Waals surface area contributed by atoms with Gasteiger partial charge in [-0.15, -0.1) is 0 Å². The van der Waals surface area contributed by atoms with Crippen LogP contribution in [0, 0.1) is 12.8 Å². The number of Topliss-reactive ketones (excluding diaryl/α,β-unsaturated/α-hetero) is 1. The fraction of sp³-hybridized carbons (Fsp3) is 0.385. The number of carboxylic acid groups (broad SMARTS) is 1. The lowest BCUT2D eigenvalue weighted by atomic mass is 9.92. The fourth-order valence-electron chi connectivity index (χ4n) is 1.97. The van der Waals surface area contributed by atoms with E-state index in [9.17, 15) is 9.59 Å². The van der Waals surface area contributed by atoms with Crippen molar-refractivity contribution in [2.24, 2.45) is 5.92 Å². The molecule has 1 atom stereocenters. The molecule has 0 bridgehead atoms. The second-order valence-corrected chi connectivity index (χ2v) is 4.18. The van der Waals surface area contributed by atoms with Crippen LogP contribution in [0.15, 0.2) is 12.1 Å². The number of aliphatic carboxylic acids is 1. The van der Waals surface area contributed by atoms with Gasteiger partial charge in [0.15, 0.2) is 17.3 Å². The molecule has 0 aromatic heterocycles. The third kappa shape index (κ3) is 2.03. The van der Waals surface area contributed by atoms with E-state index < -0.39 is 11.9 Å². The Bertz CT molecular complexity index is 506. The summed E-state index contributed by atoms with van der Waals surface area (Å²) in [5, 5.41) is 9.01. The molecule has 1 aliphatic rings. The second kappa shape index (κ2) is 4.68. The maximum absolute atomic E-state index is 12.2. The van der Waals surface area contributed by atoms with E-state index in [1.807, 2.05) is 0 Å². The van der Waals surface area contributed by atoms with Crippen LogP contribution in [0.1, 0.15) is 29.3 Å². The third-order valence-corrected chi connectivity index (χ3v) is 3.01. The number of hydrogen-bond acceptors (Lipinski definition) is 4. The van der Waals surface area contributed by atoms with Gasteiger partial charge < -0.3 is 14.6 Å². The van der Waals surface area contributed by atoms with Crippen LogP contribution in [0.3, 0.4) is 0 Å². The molecule has 18 heavy (non-hydrogen) atoms. The number of hydrogen-bond donors (Lipinski definition) is 1. The van der Waals surface area contributed by atoms with Crippen LogP contribution in [0.4, 0.5) is 0 Å². The molecule has 1 N–H and O–H groups in total. The first-order valence-electron chi connectivity index (χ1n) is 5.71. The van der Waals surface area contributed by atoms with Crippen LogP contribution in [0.5, 0.6) is 11.5 Å². The SMILES string of the molecule is CCC(C(=O)O)C(=O)c1cc2c(cc1C)OCO2. The zero-order valence-corrected chi connectivity index (χ0v) is 10.2. The Balaban J connectivity index is 2.39. The van der Waals surface area contributed by atoms with Gasteiger partial charge in [-0.25, -0.2) is 0 Å². The van der Waals surface area contributed by atoms with Gasteiger partial charge in [0.05, 0.1) is 0 Å². The Kier molecular flexibility index (Phi) is 3.23. The van der Waals surface area contributed by atoms with E-state index in [1.54, 1.807) is 26.0 Å². The summed E-state index contributed by atoms with van der Waals surface area (Å²) in [4.78, 5) is 23.2. The average Bonchev–Trinajstić information content (AvgIpc) is 2.75. The monoisotopic (exact) mass is 250 g/mol. The molecule has 96 valence electrons. The molecule has 0 spiro atoms. The smallest absolute Gasteiger partial charge is 0.314 e. The van der Waals surface area contributed by atoms with E-state index in [-0.39, 0.29) is 19.0 Å². The summed E-state index contributed by atoms with van der Waals surface area (Å²) in [5.74, 6) is -1.42. The number of ether oxygens (including phenoxy) is 2. The molecule has 1 heterocycles. The Morgan fingerprint density at radius 2 is 1.94 bits per heavy atom. The molecule has 0 fully saturated rings. The van der Waals surface area contributed by atoms with E-state index in [0.29, 0.717) is 22.6 Å². The Labute approximate surface area is 104 Å². The van der Waals surface area contributed by atoms with Crippen LogP contribution in [-0.4, -0.2) is 23.7 Å². The molecule has 0 amide bonds. The van der Waals surface area contributed by atoms with Gasteiger partial charge in [-0.2, -0.15) is 0 Å². The highest BCUT2D eigenvalue weighted by Gasteiger charge is 2.28. The Morgan fingerprint density at radius 3 is 2.50 bits per heavy atom. The highest BCUT2D eigenvalue weighted by atomic mass is 16.7. The zero-order chi connectivity index (χ0) is 13.3. The number of fused-ring (bicyclic) bond motifs is 1. The van der Waals surface area contributed by atoms with Gasteiger partial charge in [0, 0.05) is 5.56 Å². The van der Waals surface area contributed by atoms with Gasteiger partial charge in [0.25, 0.3) is 0 Å². The molecule has 2 rings (SSSR count). The molecule has 1 unspecified atom stereocenters. The summed E-state index contributed by atoms with van der Waals surface area (Å²) < 4.78 is 10.4. The molecule has 1 aromatic carbocycles. The topological polar surface area (TPSA) is 72.8 Å². The van der Waals surface area contributed by atoms with Gasteiger partial charge in [0.2, 0.25) is 6.79 Å². The summed E-state index contributed by atoms with van der Waals surface area (Å²) in [6.45, 7) is 3.56. The summed E-state index contributed by atoms with van der Waals surface area (Å²) >= 11 is 0. The van der Waals surface area contributed by atoms with E-state index >= 15 is 0 Å². The number of carbonyl (C=O) groups is 2. The lowest BCUT2D eigenvalue weighted by molar-refractivity contribution is -0.140. The van der Waals surface area contributed by atoms with Gasteiger partial charge >= 0.3 is 5.97 Å². The van der Waals surface area contributed by atoms with Crippen molar-refractivity contribution >= 4 is 11.8 Å². The summed E-state index contributed by atoms with van der Waals surface area (Å²) in [6.07, 6.45) is 0.266. The molecule has 0 saturated carbocycles. The van der Waals surface area contributed by atoms with Crippen LogP contribution >= 0.6 is 0 Å². The molecule has 0 radical (unpaired) electrons. The van der Waals surface area contributed by atoms with Crippen molar-refractivity contribution in [1.29, 1.82) is 0 Å². The van der Waals surface area contributed by atoms with Gasteiger partial charge in [-0.05, 0) is 31.0 Å². The highest BCUT2D eigenvalue weighted by molar-refractivity contribution is 6.09. The molecule has 1 aliphatic heterocycles. The number of carboxylic acids is 1. The normalized spacial score (nSPS) is 14.3. The van der Waals surface area contributed by atoms with Crippen molar-refractivity contribution in [2.45, 2.75) is 20.3 Å². The molecule has 5 heteroatoms. The predicted octanol–water partition coefficient (Wildman–Crippen LogP) is 2.02. The summed E-state index contributed by atoms with van der Waals surface area (Å²) in [5.41, 5.74) is 1.08. The highest BCUT2D eigenvalue weighted by Crippen LogP contribution is 2.35. The van der Waals surface area contributed by atoms with E-state index in [4.69, 9.17) is 14.6 Å². The Morgan fingerprint density at radius 1 is 1.33 bits per heavy atom. The van der Waals surface area contributed by atoms with Crippen molar-refractivity contribution in [2.75, 3.05) is 6.79 Å². The maximum Gasteiger partial charge on any atom is 0.314 e. The first kappa shape index (κ1) is 12.4. The van der Waals surface area contributed by atoms with E-state index in [0.717, 1.165) is 0 Å². The third-order valence-electron chi connectivity index (χ3n) is 3.01. The number of benzene rings is 1. The van der Waals surface area contributed by atoms with Crippen molar-refractivity contribution < 1.29 is 24.2 Å². The predicted molar refractivity (Wildman–Crippen MR) is 63.0 cm³/mol. The number of rotatable bonds is 4. The largest absolute Gasteiger partial charge is 0.481 e. The molecule has 0 aliphatic carbocycles. The van der Waals surface area contributed by atoms with Crippen LogP contribution in [-0.2, 0) is 4.79 Å². The quantitative estimate of drug-likeness (QED) is 0.653. The summed E-state index contributed by atoms with van der Waals surface area (Å²) in [6, 6.07) is 3.26. The molecule has 1 aromatic rings. The minimum atomic E-state index is -1.10. The first-order chi connectivity index (χ1) is 8.54. The molecular formula is C13H14O5. The van der Waals surface area contributed by atoms with E-state index in [1.165, 1.54) is 0 Å². The van der Waals surface area contributed by atoms with Gasteiger partial charge in [0.1, 0.15) is 5.92 Å². The number of carbonyl (C=O) groups excluding carboxylic acids is 1. The molecular weight excluding hydrogens is 236 g/mol. The summed E-state index contributed by atoms with van der Waals surface area (Å²) in [7, 11) is 0. The maximum atomic E-state index is 12.2. The standard InChI is InChI=1S/C13H14O5/c1-3-8(13(15)16)12(14)9-5-11-10(4-7(9)2)17-6-18-11/h4-5,8H,3,6H2,1-2H3,(H,15,16). The number of ketones is 1. The minimum Gasteiger partial charge on any atom is -0.481 e. The lowest BCUT2D eigenvalue weighted by Gasteiger charge is -2.11. The average molecular weight is 250 g/mol. The zero-order valence-electron chi connectivity index (χ0n) is 10.2. The Hall–Kier alpha value is -2.04. The number of aryl methyl sites for hydroxylation is 1. The van der Waals surface area contributed by atoms with Crippen molar-refractivity contribution in [3.63, 3.8) is 0 Å². The molecule has 0 saturated heterocycles. The fourth-order valence-corrected chi connectivity index (χ4v) is 1.97. The van der Waals surface area contributed by atoms with Gasteiger partial charge in [-0.1, -0.05) is 6.92 Å². The van der Waals surface area contributed by atoms with Crippen molar-refractivity contribution in [1.82, 2.24) is 0 Å². The molecule has 5 nitrogen and oxygen atoms in total. The van der Waals surface area contributed by atoms with Crippen molar-refractivity contribution in [3.05, 3.63) is 23.3 Å².